The molecule has 110 valence electrons. The lowest BCUT2D eigenvalue weighted by Crippen LogP contribution is -2.37. The van der Waals surface area contributed by atoms with E-state index in [1.54, 1.807) is 22.7 Å². The number of hydrogen-bond donors (Lipinski definition) is 2. The molecule has 5 heteroatoms. The smallest absolute Gasteiger partial charge is 0.256 e. The molecule has 1 aliphatic heterocycles. The number of carbonyl (C=O) groups is 1. The summed E-state index contributed by atoms with van der Waals surface area (Å²) in [5, 5.41) is 9.73. The minimum atomic E-state index is -0.0768. The zero-order valence-electron chi connectivity index (χ0n) is 11.9. The summed E-state index contributed by atoms with van der Waals surface area (Å²) in [6.45, 7) is 2.26. The van der Waals surface area contributed by atoms with Gasteiger partial charge in [-0.15, -0.1) is 22.7 Å². The number of carbonyl (C=O) groups excluding carboxylic acids is 1. The van der Waals surface area contributed by atoms with Crippen molar-refractivity contribution >= 4 is 33.6 Å². The first-order valence-electron chi connectivity index (χ1n) is 7.51. The van der Waals surface area contributed by atoms with E-state index in [1.807, 2.05) is 11.4 Å². The highest BCUT2D eigenvalue weighted by Gasteiger charge is 2.33. The Morgan fingerprint density at radius 3 is 3.05 bits per heavy atom. The first-order chi connectivity index (χ1) is 10.3. The SMILES string of the molecule is CC[C@H]1CCc2c(sc3c2C(=O)N[C@@H](c2cccs2)N3)C1. The van der Waals surface area contributed by atoms with Gasteiger partial charge in [-0.1, -0.05) is 19.4 Å². The third-order valence-electron chi connectivity index (χ3n) is 4.55. The molecule has 0 saturated carbocycles. The molecule has 0 aromatic carbocycles. The predicted molar refractivity (Wildman–Crippen MR) is 88.3 cm³/mol. The highest BCUT2D eigenvalue weighted by molar-refractivity contribution is 7.16. The number of fused-ring (bicyclic) bond motifs is 3. The van der Waals surface area contributed by atoms with E-state index < -0.39 is 0 Å². The van der Waals surface area contributed by atoms with Crippen molar-refractivity contribution in [2.24, 2.45) is 5.92 Å². The second-order valence-corrected chi connectivity index (χ2v) is 7.88. The molecule has 0 saturated heterocycles. The fourth-order valence-electron chi connectivity index (χ4n) is 3.31. The minimum Gasteiger partial charge on any atom is -0.352 e. The molecule has 0 fully saturated rings. The van der Waals surface area contributed by atoms with Gasteiger partial charge in [0, 0.05) is 9.75 Å². The molecule has 21 heavy (non-hydrogen) atoms. The number of thiophene rings is 2. The van der Waals surface area contributed by atoms with Crippen molar-refractivity contribution in [3.05, 3.63) is 38.4 Å². The van der Waals surface area contributed by atoms with Crippen LogP contribution in [0.25, 0.3) is 0 Å². The van der Waals surface area contributed by atoms with Gasteiger partial charge in [-0.3, -0.25) is 4.79 Å². The van der Waals surface area contributed by atoms with Crippen molar-refractivity contribution in [2.45, 2.75) is 38.8 Å². The molecule has 0 radical (unpaired) electrons. The Morgan fingerprint density at radius 2 is 2.29 bits per heavy atom. The molecule has 3 heterocycles. The molecule has 0 bridgehead atoms. The van der Waals surface area contributed by atoms with Crippen LogP contribution in [0.1, 0.15) is 51.6 Å². The molecular weight excluding hydrogens is 300 g/mol. The first kappa shape index (κ1) is 13.3. The zero-order valence-corrected chi connectivity index (χ0v) is 13.6. The molecule has 2 aromatic heterocycles. The Balaban J connectivity index is 1.69. The van der Waals surface area contributed by atoms with E-state index in [1.165, 1.54) is 23.3 Å². The van der Waals surface area contributed by atoms with Crippen molar-refractivity contribution in [3.63, 3.8) is 0 Å². The summed E-state index contributed by atoms with van der Waals surface area (Å²) in [5.41, 5.74) is 2.21. The van der Waals surface area contributed by atoms with E-state index in [0.717, 1.165) is 34.2 Å². The Labute approximate surface area is 132 Å². The maximum Gasteiger partial charge on any atom is 0.256 e. The van der Waals surface area contributed by atoms with E-state index in [-0.39, 0.29) is 12.1 Å². The third kappa shape index (κ3) is 2.19. The summed E-state index contributed by atoms with van der Waals surface area (Å²) in [6, 6.07) is 4.09. The average Bonchev–Trinajstić information content (AvgIpc) is 3.13. The molecule has 2 N–H and O–H groups in total. The van der Waals surface area contributed by atoms with Gasteiger partial charge in [0.15, 0.2) is 0 Å². The van der Waals surface area contributed by atoms with Crippen molar-refractivity contribution in [1.29, 1.82) is 0 Å². The molecule has 2 aromatic rings. The lowest BCUT2D eigenvalue weighted by Gasteiger charge is -2.26. The maximum absolute atomic E-state index is 12.5. The van der Waals surface area contributed by atoms with Crippen molar-refractivity contribution in [1.82, 2.24) is 5.32 Å². The molecule has 2 atom stereocenters. The molecule has 3 nitrogen and oxygen atoms in total. The molecule has 0 unspecified atom stereocenters. The van der Waals surface area contributed by atoms with Gasteiger partial charge < -0.3 is 10.6 Å². The van der Waals surface area contributed by atoms with Crippen LogP contribution in [-0.2, 0) is 12.8 Å². The summed E-state index contributed by atoms with van der Waals surface area (Å²) < 4.78 is 0. The van der Waals surface area contributed by atoms with Crippen LogP contribution in [-0.4, -0.2) is 5.91 Å². The van der Waals surface area contributed by atoms with Crippen LogP contribution < -0.4 is 10.6 Å². The molecule has 0 spiro atoms. The first-order valence-corrected chi connectivity index (χ1v) is 9.21. The predicted octanol–water partition coefficient (Wildman–Crippen LogP) is 4.18. The second kappa shape index (κ2) is 5.14. The molecule has 4 rings (SSSR count). The van der Waals surface area contributed by atoms with Gasteiger partial charge in [-0.05, 0) is 42.2 Å². The van der Waals surface area contributed by atoms with E-state index in [2.05, 4.69) is 23.6 Å². The Bertz CT molecular complexity index is 675. The van der Waals surface area contributed by atoms with E-state index in [0.29, 0.717) is 0 Å². The second-order valence-electron chi connectivity index (χ2n) is 5.79. The van der Waals surface area contributed by atoms with Crippen molar-refractivity contribution in [2.75, 3.05) is 5.32 Å². The van der Waals surface area contributed by atoms with E-state index in [9.17, 15) is 4.79 Å². The zero-order chi connectivity index (χ0) is 14.4. The fraction of sp³-hybridized carbons (Fsp3) is 0.438. The quantitative estimate of drug-likeness (QED) is 0.872. The van der Waals surface area contributed by atoms with Gasteiger partial charge in [0.25, 0.3) is 5.91 Å². The molecule has 1 amide bonds. The normalized spacial score (nSPS) is 24.0. The van der Waals surface area contributed by atoms with Crippen LogP contribution in [0.2, 0.25) is 0 Å². The maximum atomic E-state index is 12.5. The Hall–Kier alpha value is -1.33. The number of anilines is 1. The van der Waals surface area contributed by atoms with E-state index in [4.69, 9.17) is 0 Å². The highest BCUT2D eigenvalue weighted by atomic mass is 32.1. The summed E-state index contributed by atoms with van der Waals surface area (Å²) in [5.74, 6) is 0.878. The highest BCUT2D eigenvalue weighted by Crippen LogP contribution is 2.43. The van der Waals surface area contributed by atoms with Crippen LogP contribution >= 0.6 is 22.7 Å². The summed E-state index contributed by atoms with van der Waals surface area (Å²) in [6.07, 6.45) is 4.57. The lowest BCUT2D eigenvalue weighted by molar-refractivity contribution is 0.0935. The lowest BCUT2D eigenvalue weighted by atomic mass is 9.85. The van der Waals surface area contributed by atoms with E-state index >= 15 is 0 Å². The summed E-state index contributed by atoms with van der Waals surface area (Å²) in [4.78, 5) is 15.1. The van der Waals surface area contributed by atoms with Crippen LogP contribution in [0.15, 0.2) is 17.5 Å². The Morgan fingerprint density at radius 1 is 1.38 bits per heavy atom. The van der Waals surface area contributed by atoms with Gasteiger partial charge in [-0.25, -0.2) is 0 Å². The minimum absolute atomic E-state index is 0.0768. The largest absolute Gasteiger partial charge is 0.352 e. The van der Waals surface area contributed by atoms with Crippen LogP contribution in [0.3, 0.4) is 0 Å². The van der Waals surface area contributed by atoms with Crippen LogP contribution in [0.4, 0.5) is 5.00 Å². The Kier molecular flexibility index (Phi) is 3.27. The monoisotopic (exact) mass is 318 g/mol. The number of nitrogens with one attached hydrogen (secondary N) is 2. The van der Waals surface area contributed by atoms with Crippen molar-refractivity contribution < 1.29 is 4.79 Å². The van der Waals surface area contributed by atoms with Gasteiger partial charge in [0.1, 0.15) is 11.2 Å². The van der Waals surface area contributed by atoms with Crippen LogP contribution in [0, 0.1) is 5.92 Å². The van der Waals surface area contributed by atoms with Gasteiger partial charge >= 0.3 is 0 Å². The topological polar surface area (TPSA) is 41.1 Å². The number of hydrogen-bond acceptors (Lipinski definition) is 4. The standard InChI is InChI=1S/C16H18N2OS2/c1-2-9-5-6-10-12(8-9)21-16-13(10)15(19)17-14(18-16)11-4-3-7-20-11/h3-4,7,9,14,18H,2,5-6,8H2,1H3,(H,17,19)/t9-,14+/m0/s1. The van der Waals surface area contributed by atoms with Gasteiger partial charge in [0.2, 0.25) is 0 Å². The number of rotatable bonds is 2. The fourth-order valence-corrected chi connectivity index (χ4v) is 5.43. The molecule has 2 aliphatic rings. The van der Waals surface area contributed by atoms with Crippen molar-refractivity contribution in [3.8, 4) is 0 Å². The molecular formula is C16H18N2OS2. The van der Waals surface area contributed by atoms with Crippen LogP contribution in [0.5, 0.6) is 0 Å². The van der Waals surface area contributed by atoms with Gasteiger partial charge in [-0.2, -0.15) is 0 Å². The number of amides is 1. The molecule has 1 aliphatic carbocycles. The summed E-state index contributed by atoms with van der Waals surface area (Å²) in [7, 11) is 0. The average molecular weight is 318 g/mol. The van der Waals surface area contributed by atoms with Gasteiger partial charge in [0.05, 0.1) is 5.56 Å². The third-order valence-corrected chi connectivity index (χ3v) is 6.67. The summed E-state index contributed by atoms with van der Waals surface area (Å²) >= 11 is 3.47.